The normalized spacial score (nSPS) is 11.2. The topological polar surface area (TPSA) is 13.1 Å². The predicted molar refractivity (Wildman–Crippen MR) is 78.3 cm³/mol. The smallest absolute Gasteiger partial charge is 0.135 e. The van der Waals surface area contributed by atoms with E-state index in [0.29, 0.717) is 0 Å². The lowest BCUT2D eigenvalue weighted by atomic mass is 10.1. The molecule has 1 aliphatic carbocycles. The molecule has 90 valence electrons. The van der Waals surface area contributed by atoms with E-state index in [9.17, 15) is 0 Å². The van der Waals surface area contributed by atoms with Gasteiger partial charge in [-0.05, 0) is 35.4 Å². The third kappa shape index (κ3) is 1.71. The second kappa shape index (κ2) is 3.99. The van der Waals surface area contributed by atoms with E-state index >= 15 is 0 Å². The van der Waals surface area contributed by atoms with Crippen LogP contribution < -0.4 is 0 Å². The summed E-state index contributed by atoms with van der Waals surface area (Å²) in [5.74, 6) is 0.942. The van der Waals surface area contributed by atoms with Gasteiger partial charge in [0.1, 0.15) is 11.3 Å². The summed E-state index contributed by atoms with van der Waals surface area (Å²) < 4.78 is 5.95. The van der Waals surface area contributed by atoms with E-state index in [1.54, 1.807) is 0 Å². The second-order valence-electron chi connectivity index (χ2n) is 4.71. The van der Waals surface area contributed by atoms with Crippen molar-refractivity contribution in [3.63, 3.8) is 0 Å². The molecule has 2 aromatic rings. The van der Waals surface area contributed by atoms with Crippen molar-refractivity contribution in [1.82, 2.24) is 0 Å². The number of fused-ring (bicyclic) bond motifs is 2. The Kier molecular flexibility index (Phi) is 2.18. The first-order valence-electron chi connectivity index (χ1n) is 6.38. The average Bonchev–Trinajstić information content (AvgIpc) is 2.88. The minimum absolute atomic E-state index is 0.931. The fourth-order valence-corrected chi connectivity index (χ4v) is 2.48. The SMILES string of the molecule is c1ccc(-c2cc3cc4ccccc4oc-3c2)cc1. The molecule has 0 fully saturated rings. The molecule has 0 spiro atoms. The van der Waals surface area contributed by atoms with E-state index in [1.165, 1.54) is 11.1 Å². The van der Waals surface area contributed by atoms with Gasteiger partial charge in [0.25, 0.3) is 0 Å². The minimum atomic E-state index is 0.931. The van der Waals surface area contributed by atoms with Gasteiger partial charge in [0.15, 0.2) is 0 Å². The maximum absolute atomic E-state index is 5.95. The number of benzene rings is 2. The average molecular weight is 244 g/mol. The van der Waals surface area contributed by atoms with Crippen molar-refractivity contribution >= 4 is 11.0 Å². The lowest BCUT2D eigenvalue weighted by Crippen LogP contribution is -1.75. The molecule has 0 saturated carbocycles. The van der Waals surface area contributed by atoms with Gasteiger partial charge < -0.3 is 4.42 Å². The van der Waals surface area contributed by atoms with Crippen LogP contribution in [0.5, 0.6) is 0 Å². The zero-order valence-corrected chi connectivity index (χ0v) is 10.3. The molecule has 0 amide bonds. The van der Waals surface area contributed by atoms with Gasteiger partial charge in [0, 0.05) is 10.9 Å². The van der Waals surface area contributed by atoms with E-state index in [2.05, 4.69) is 48.5 Å². The van der Waals surface area contributed by atoms with Crippen LogP contribution in [-0.4, -0.2) is 0 Å². The summed E-state index contributed by atoms with van der Waals surface area (Å²) in [6.45, 7) is 0. The summed E-state index contributed by atoms with van der Waals surface area (Å²) >= 11 is 0. The van der Waals surface area contributed by atoms with Crippen LogP contribution in [0.2, 0.25) is 0 Å². The van der Waals surface area contributed by atoms with Crippen LogP contribution in [0.25, 0.3) is 33.4 Å². The molecule has 0 N–H and O–H groups in total. The van der Waals surface area contributed by atoms with Crippen molar-refractivity contribution in [2.75, 3.05) is 0 Å². The molecule has 0 bridgehead atoms. The second-order valence-corrected chi connectivity index (χ2v) is 4.71. The zero-order valence-electron chi connectivity index (χ0n) is 10.3. The van der Waals surface area contributed by atoms with E-state index in [1.807, 2.05) is 24.3 Å². The first-order chi connectivity index (χ1) is 9.40. The number of rotatable bonds is 1. The maximum Gasteiger partial charge on any atom is 0.135 e. The summed E-state index contributed by atoms with van der Waals surface area (Å²) in [5.41, 5.74) is 4.50. The number of hydrogen-bond acceptors (Lipinski definition) is 1. The Morgan fingerprint density at radius 1 is 0.579 bits per heavy atom. The Morgan fingerprint density at radius 3 is 2.26 bits per heavy atom. The number of hydrogen-bond donors (Lipinski definition) is 0. The molecule has 1 heteroatoms. The molecule has 1 nitrogen and oxygen atoms in total. The fraction of sp³-hybridized carbons (Fsp3) is 0. The minimum Gasteiger partial charge on any atom is -0.456 e. The molecule has 1 heterocycles. The molecule has 0 saturated heterocycles. The monoisotopic (exact) mass is 244 g/mol. The van der Waals surface area contributed by atoms with E-state index in [-0.39, 0.29) is 0 Å². The molecule has 4 rings (SSSR count). The predicted octanol–water partition coefficient (Wildman–Crippen LogP) is 5.20. The Balaban J connectivity index is 1.97. The molecule has 19 heavy (non-hydrogen) atoms. The van der Waals surface area contributed by atoms with Gasteiger partial charge in [-0.25, -0.2) is 0 Å². The van der Waals surface area contributed by atoms with Crippen molar-refractivity contribution in [2.24, 2.45) is 0 Å². The van der Waals surface area contributed by atoms with Gasteiger partial charge in [0.2, 0.25) is 0 Å². The largest absolute Gasteiger partial charge is 0.456 e. The highest BCUT2D eigenvalue weighted by Gasteiger charge is 2.11. The molecule has 0 unspecified atom stereocenters. The zero-order chi connectivity index (χ0) is 12.7. The summed E-state index contributed by atoms with van der Waals surface area (Å²) in [7, 11) is 0. The van der Waals surface area contributed by atoms with Gasteiger partial charge in [-0.1, -0.05) is 48.5 Å². The van der Waals surface area contributed by atoms with Crippen LogP contribution >= 0.6 is 0 Å². The van der Waals surface area contributed by atoms with Crippen molar-refractivity contribution in [1.29, 1.82) is 0 Å². The molecular formula is C18H12O. The Morgan fingerprint density at radius 2 is 1.37 bits per heavy atom. The highest BCUT2D eigenvalue weighted by molar-refractivity contribution is 5.86. The molecule has 0 atom stereocenters. The molecule has 1 aliphatic heterocycles. The highest BCUT2D eigenvalue weighted by atomic mass is 16.3. The van der Waals surface area contributed by atoms with Crippen molar-refractivity contribution in [3.05, 3.63) is 72.8 Å². The van der Waals surface area contributed by atoms with E-state index < -0.39 is 0 Å². The molecule has 0 radical (unpaired) electrons. The summed E-state index contributed by atoms with van der Waals surface area (Å²) in [4.78, 5) is 0. The van der Waals surface area contributed by atoms with Crippen LogP contribution in [0.15, 0.2) is 77.2 Å². The highest BCUT2D eigenvalue weighted by Crippen LogP contribution is 2.35. The standard InChI is InChI=1S/C18H12O/c1-2-6-13(7-3-1)15-11-16-10-14-8-4-5-9-17(14)19-18(16)12-15/h1-12H. The van der Waals surface area contributed by atoms with Crippen molar-refractivity contribution in [3.8, 4) is 22.5 Å². The van der Waals surface area contributed by atoms with Gasteiger partial charge in [-0.2, -0.15) is 0 Å². The Bertz CT molecular complexity index is 762. The molecule has 0 aromatic heterocycles. The summed E-state index contributed by atoms with van der Waals surface area (Å²) in [6.07, 6.45) is 0. The summed E-state index contributed by atoms with van der Waals surface area (Å²) in [6, 6.07) is 25.0. The van der Waals surface area contributed by atoms with Crippen molar-refractivity contribution < 1.29 is 4.42 Å². The van der Waals surface area contributed by atoms with Crippen LogP contribution in [-0.2, 0) is 0 Å². The Labute approximate surface area is 111 Å². The number of para-hydroxylation sites is 1. The maximum atomic E-state index is 5.95. The quantitative estimate of drug-likeness (QED) is 0.448. The van der Waals surface area contributed by atoms with Gasteiger partial charge in [0.05, 0.1) is 0 Å². The van der Waals surface area contributed by atoms with Gasteiger partial charge >= 0.3 is 0 Å². The molecule has 2 aliphatic rings. The first kappa shape index (κ1) is 10.4. The third-order valence-corrected chi connectivity index (χ3v) is 3.44. The van der Waals surface area contributed by atoms with E-state index in [4.69, 9.17) is 4.42 Å². The van der Waals surface area contributed by atoms with Crippen molar-refractivity contribution in [2.45, 2.75) is 0 Å². The third-order valence-electron chi connectivity index (χ3n) is 3.44. The lowest BCUT2D eigenvalue weighted by Gasteiger charge is -2.01. The van der Waals surface area contributed by atoms with Crippen LogP contribution in [0.4, 0.5) is 0 Å². The Hall–Kier alpha value is -2.54. The fourth-order valence-electron chi connectivity index (χ4n) is 2.48. The van der Waals surface area contributed by atoms with Crippen LogP contribution in [0.3, 0.4) is 0 Å². The van der Waals surface area contributed by atoms with Crippen LogP contribution in [0, 0.1) is 0 Å². The van der Waals surface area contributed by atoms with E-state index in [0.717, 1.165) is 22.3 Å². The van der Waals surface area contributed by atoms with Gasteiger partial charge in [-0.15, -0.1) is 0 Å². The first-order valence-corrected chi connectivity index (χ1v) is 6.38. The molecule has 2 aromatic carbocycles. The van der Waals surface area contributed by atoms with Gasteiger partial charge in [-0.3, -0.25) is 0 Å². The van der Waals surface area contributed by atoms with Crippen LogP contribution in [0.1, 0.15) is 0 Å². The summed E-state index contributed by atoms with van der Waals surface area (Å²) in [5, 5.41) is 1.14. The lowest BCUT2D eigenvalue weighted by molar-refractivity contribution is 0.621. The molecular weight excluding hydrogens is 232 g/mol.